The molecule has 1 nitrogen and oxygen atoms in total. The molecule has 0 saturated carbocycles. The zero-order valence-electron chi connectivity index (χ0n) is 7.81. The zero-order valence-corrected chi connectivity index (χ0v) is 8.56. The lowest BCUT2D eigenvalue weighted by Gasteiger charge is -2.09. The Kier molecular flexibility index (Phi) is 2.56. The Hall–Kier alpha value is -0.530. The van der Waals surface area contributed by atoms with Gasteiger partial charge in [-0.3, -0.25) is 0 Å². The van der Waals surface area contributed by atoms with Crippen molar-refractivity contribution in [3.8, 4) is 0 Å². The van der Waals surface area contributed by atoms with Crippen LogP contribution in [0.1, 0.15) is 36.9 Å². The summed E-state index contributed by atoms with van der Waals surface area (Å²) in [6, 6.07) is 6.72. The highest BCUT2D eigenvalue weighted by atomic mass is 35.5. The third-order valence-electron chi connectivity index (χ3n) is 2.63. The molecule has 13 heavy (non-hydrogen) atoms. The van der Waals surface area contributed by atoms with E-state index in [4.69, 9.17) is 11.6 Å². The molecule has 0 radical (unpaired) electrons. The molecule has 2 heteroatoms. The molecule has 0 fully saturated rings. The first-order valence-electron chi connectivity index (χ1n) is 4.83. The molecule has 1 unspecified atom stereocenters. The second-order valence-electron chi connectivity index (χ2n) is 3.53. The molecule has 70 valence electrons. The van der Waals surface area contributed by atoms with Crippen molar-refractivity contribution in [1.29, 1.82) is 0 Å². The Morgan fingerprint density at radius 3 is 3.15 bits per heavy atom. The fourth-order valence-corrected chi connectivity index (χ4v) is 2.22. The Labute approximate surface area is 84.1 Å². The van der Waals surface area contributed by atoms with Gasteiger partial charge in [0, 0.05) is 17.6 Å². The predicted molar refractivity (Wildman–Crippen MR) is 55.9 cm³/mol. The number of fused-ring (bicyclic) bond motifs is 1. The van der Waals surface area contributed by atoms with E-state index in [0.717, 1.165) is 11.6 Å². The van der Waals surface area contributed by atoms with E-state index >= 15 is 0 Å². The average molecular weight is 196 g/mol. The average Bonchev–Trinajstić information content (AvgIpc) is 2.51. The molecule has 0 bridgehead atoms. The number of hydrogen-bond acceptors (Lipinski definition) is 1. The lowest BCUT2D eigenvalue weighted by molar-refractivity contribution is 0.535. The summed E-state index contributed by atoms with van der Waals surface area (Å²) in [6.07, 6.45) is 2.41. The van der Waals surface area contributed by atoms with Gasteiger partial charge in [0.1, 0.15) is 0 Å². The maximum Gasteiger partial charge on any atom is 0.0454 e. The van der Waals surface area contributed by atoms with Crippen molar-refractivity contribution >= 4 is 11.6 Å². The Bertz CT molecular complexity index is 309. The molecule has 1 aliphatic heterocycles. The number of rotatable bonds is 2. The zero-order chi connectivity index (χ0) is 9.26. The van der Waals surface area contributed by atoms with Crippen molar-refractivity contribution < 1.29 is 0 Å². The van der Waals surface area contributed by atoms with Gasteiger partial charge < -0.3 is 5.32 Å². The Morgan fingerprint density at radius 2 is 2.38 bits per heavy atom. The van der Waals surface area contributed by atoms with Crippen LogP contribution in [-0.2, 0) is 6.54 Å². The number of hydrogen-bond donors (Lipinski definition) is 1. The van der Waals surface area contributed by atoms with Crippen LogP contribution in [0, 0.1) is 0 Å². The second kappa shape index (κ2) is 3.69. The van der Waals surface area contributed by atoms with Gasteiger partial charge in [-0.15, -0.1) is 0 Å². The summed E-state index contributed by atoms with van der Waals surface area (Å²) in [4.78, 5) is 0. The number of benzene rings is 1. The van der Waals surface area contributed by atoms with Crippen molar-refractivity contribution in [2.75, 3.05) is 0 Å². The minimum Gasteiger partial charge on any atom is -0.306 e. The monoisotopic (exact) mass is 195 g/mol. The van der Waals surface area contributed by atoms with Gasteiger partial charge in [0.15, 0.2) is 0 Å². The van der Waals surface area contributed by atoms with Gasteiger partial charge in [-0.25, -0.2) is 0 Å². The summed E-state index contributed by atoms with van der Waals surface area (Å²) in [7, 11) is 0. The molecule has 1 atom stereocenters. The molecule has 0 spiro atoms. The summed E-state index contributed by atoms with van der Waals surface area (Å²) < 4.78 is 0. The lowest BCUT2D eigenvalue weighted by atomic mass is 10.0. The predicted octanol–water partition coefficient (Wildman–Crippen LogP) is 3.28. The fourth-order valence-electron chi connectivity index (χ4n) is 1.97. The molecule has 0 amide bonds. The highest BCUT2D eigenvalue weighted by Crippen LogP contribution is 2.32. The molecule has 0 aliphatic carbocycles. The van der Waals surface area contributed by atoms with Crippen LogP contribution in [0.25, 0.3) is 0 Å². The van der Waals surface area contributed by atoms with Crippen LogP contribution >= 0.6 is 11.6 Å². The normalized spacial score (nSPS) is 20.3. The molecule has 1 aromatic rings. The van der Waals surface area contributed by atoms with E-state index in [0.29, 0.717) is 6.04 Å². The van der Waals surface area contributed by atoms with Crippen molar-refractivity contribution in [3.05, 3.63) is 34.3 Å². The van der Waals surface area contributed by atoms with Crippen LogP contribution in [0.2, 0.25) is 5.02 Å². The first-order chi connectivity index (χ1) is 6.33. The Morgan fingerprint density at radius 1 is 1.54 bits per heavy atom. The van der Waals surface area contributed by atoms with E-state index < -0.39 is 0 Å². The number of nitrogens with one attached hydrogen (secondary N) is 1. The highest BCUT2D eigenvalue weighted by Gasteiger charge is 2.22. The van der Waals surface area contributed by atoms with E-state index in [-0.39, 0.29) is 0 Å². The molecule has 0 aromatic heterocycles. The third kappa shape index (κ3) is 1.59. The van der Waals surface area contributed by atoms with Crippen molar-refractivity contribution in [2.45, 2.75) is 32.4 Å². The molecular formula is C11H14ClN. The van der Waals surface area contributed by atoms with Crippen molar-refractivity contribution in [2.24, 2.45) is 0 Å². The van der Waals surface area contributed by atoms with Crippen LogP contribution in [0.5, 0.6) is 0 Å². The maximum atomic E-state index is 6.10. The van der Waals surface area contributed by atoms with Crippen LogP contribution in [0.4, 0.5) is 0 Å². The minimum atomic E-state index is 0.527. The second-order valence-corrected chi connectivity index (χ2v) is 3.94. The van der Waals surface area contributed by atoms with E-state index in [1.54, 1.807) is 0 Å². The van der Waals surface area contributed by atoms with E-state index in [2.05, 4.69) is 18.3 Å². The lowest BCUT2D eigenvalue weighted by Crippen LogP contribution is -2.11. The van der Waals surface area contributed by atoms with Crippen molar-refractivity contribution in [3.63, 3.8) is 0 Å². The molecule has 1 aromatic carbocycles. The summed E-state index contributed by atoms with van der Waals surface area (Å²) >= 11 is 6.10. The van der Waals surface area contributed by atoms with Gasteiger partial charge in [0.25, 0.3) is 0 Å². The van der Waals surface area contributed by atoms with Crippen LogP contribution in [0.15, 0.2) is 18.2 Å². The SMILES string of the molecule is CCCC1NCc2c(Cl)cccc21. The Balaban J connectivity index is 2.32. The van der Waals surface area contributed by atoms with Gasteiger partial charge in [-0.1, -0.05) is 37.1 Å². The highest BCUT2D eigenvalue weighted by molar-refractivity contribution is 6.31. The topological polar surface area (TPSA) is 12.0 Å². The molecule has 1 aliphatic rings. The summed E-state index contributed by atoms with van der Waals surface area (Å²) in [5, 5.41) is 4.39. The van der Waals surface area contributed by atoms with Gasteiger partial charge in [0.2, 0.25) is 0 Å². The van der Waals surface area contributed by atoms with Crippen molar-refractivity contribution in [1.82, 2.24) is 5.32 Å². The number of halogens is 1. The molecule has 1 N–H and O–H groups in total. The van der Waals surface area contributed by atoms with Gasteiger partial charge in [-0.2, -0.15) is 0 Å². The van der Waals surface area contributed by atoms with E-state index in [1.807, 2.05) is 12.1 Å². The molecule has 2 rings (SSSR count). The fraction of sp³-hybridized carbons (Fsp3) is 0.455. The third-order valence-corrected chi connectivity index (χ3v) is 2.99. The van der Waals surface area contributed by atoms with Gasteiger partial charge in [-0.05, 0) is 23.6 Å². The molecular weight excluding hydrogens is 182 g/mol. The summed E-state index contributed by atoms with van der Waals surface area (Å²) in [5.74, 6) is 0. The van der Waals surface area contributed by atoms with Crippen LogP contribution in [0.3, 0.4) is 0 Å². The van der Waals surface area contributed by atoms with E-state index in [9.17, 15) is 0 Å². The molecule has 1 heterocycles. The van der Waals surface area contributed by atoms with Gasteiger partial charge >= 0.3 is 0 Å². The summed E-state index contributed by atoms with van der Waals surface area (Å²) in [5.41, 5.74) is 2.69. The smallest absolute Gasteiger partial charge is 0.0454 e. The largest absolute Gasteiger partial charge is 0.306 e. The van der Waals surface area contributed by atoms with E-state index in [1.165, 1.54) is 24.0 Å². The standard InChI is InChI=1S/C11H14ClN/c1-2-4-11-8-5-3-6-10(12)9(8)7-13-11/h3,5-6,11,13H,2,4,7H2,1H3. The maximum absolute atomic E-state index is 6.10. The quantitative estimate of drug-likeness (QED) is 0.764. The summed E-state index contributed by atoms with van der Waals surface area (Å²) in [6.45, 7) is 3.14. The first kappa shape index (κ1) is 9.04. The minimum absolute atomic E-state index is 0.527. The molecule has 0 saturated heterocycles. The first-order valence-corrected chi connectivity index (χ1v) is 5.21. The van der Waals surface area contributed by atoms with Gasteiger partial charge in [0.05, 0.1) is 0 Å². The van der Waals surface area contributed by atoms with Crippen LogP contribution < -0.4 is 5.32 Å². The van der Waals surface area contributed by atoms with Crippen LogP contribution in [-0.4, -0.2) is 0 Å².